The van der Waals surface area contributed by atoms with Crippen molar-refractivity contribution in [3.63, 3.8) is 0 Å². The molecule has 0 aliphatic rings. The van der Waals surface area contributed by atoms with Gasteiger partial charge in [-0.1, -0.05) is 11.6 Å². The molecule has 0 aliphatic heterocycles. The van der Waals surface area contributed by atoms with Crippen molar-refractivity contribution in [1.29, 1.82) is 0 Å². The Hall–Kier alpha value is -1.48. The summed E-state index contributed by atoms with van der Waals surface area (Å²) in [7, 11) is 1.63. The van der Waals surface area contributed by atoms with E-state index in [1.165, 1.54) is 0 Å². The highest BCUT2D eigenvalue weighted by Gasteiger charge is 2.10. The number of hydrogen-bond donors (Lipinski definition) is 1. The zero-order chi connectivity index (χ0) is 11.7. The van der Waals surface area contributed by atoms with Crippen LogP contribution in [0.15, 0.2) is 18.2 Å². The van der Waals surface area contributed by atoms with Crippen molar-refractivity contribution in [3.8, 4) is 17.1 Å². The van der Waals surface area contributed by atoms with Crippen molar-refractivity contribution < 1.29 is 4.74 Å². The zero-order valence-electron chi connectivity index (χ0n) is 9.47. The van der Waals surface area contributed by atoms with Crippen molar-refractivity contribution in [2.45, 2.75) is 13.8 Å². The minimum atomic E-state index is 0.662. The predicted molar refractivity (Wildman–Crippen MR) is 65.1 cm³/mol. The lowest BCUT2D eigenvalue weighted by atomic mass is 10.2. The van der Waals surface area contributed by atoms with Crippen LogP contribution in [0.4, 0.5) is 0 Å². The second-order valence-corrected chi connectivity index (χ2v) is 4.05. The molecule has 0 saturated carbocycles. The van der Waals surface area contributed by atoms with Gasteiger partial charge < -0.3 is 9.72 Å². The third-order valence-corrected chi connectivity index (χ3v) is 2.89. The first kappa shape index (κ1) is 11.0. The van der Waals surface area contributed by atoms with Crippen molar-refractivity contribution in [2.24, 2.45) is 0 Å². The van der Waals surface area contributed by atoms with Gasteiger partial charge in [0, 0.05) is 11.3 Å². The number of rotatable bonds is 2. The minimum absolute atomic E-state index is 0.662. The van der Waals surface area contributed by atoms with Gasteiger partial charge in [-0.2, -0.15) is 0 Å². The summed E-state index contributed by atoms with van der Waals surface area (Å²) in [4.78, 5) is 7.62. The van der Waals surface area contributed by atoms with Gasteiger partial charge in [0.05, 0.1) is 17.8 Å². The molecular weight excluding hydrogens is 224 g/mol. The zero-order valence-corrected chi connectivity index (χ0v) is 10.2. The first-order chi connectivity index (χ1) is 7.61. The minimum Gasteiger partial charge on any atom is -0.497 e. The van der Waals surface area contributed by atoms with Crippen LogP contribution in [0.1, 0.15) is 11.4 Å². The molecule has 0 radical (unpaired) electrons. The molecule has 0 aliphatic carbocycles. The average molecular weight is 237 g/mol. The van der Waals surface area contributed by atoms with E-state index in [0.717, 1.165) is 28.5 Å². The van der Waals surface area contributed by atoms with Crippen molar-refractivity contribution >= 4 is 11.6 Å². The number of imidazole rings is 1. The van der Waals surface area contributed by atoms with Crippen molar-refractivity contribution in [1.82, 2.24) is 9.97 Å². The fraction of sp³-hybridized carbons (Fsp3) is 0.250. The Labute approximate surface area is 99.4 Å². The van der Waals surface area contributed by atoms with Crippen LogP contribution in [0.25, 0.3) is 11.4 Å². The molecule has 0 fully saturated rings. The van der Waals surface area contributed by atoms with E-state index in [1.807, 2.05) is 32.0 Å². The quantitative estimate of drug-likeness (QED) is 0.868. The number of halogens is 1. The highest BCUT2D eigenvalue weighted by Crippen LogP contribution is 2.30. The Morgan fingerprint density at radius 1 is 1.31 bits per heavy atom. The lowest BCUT2D eigenvalue weighted by molar-refractivity contribution is 0.415. The van der Waals surface area contributed by atoms with Gasteiger partial charge in [0.15, 0.2) is 0 Å². The van der Waals surface area contributed by atoms with Crippen LogP contribution in [-0.2, 0) is 0 Å². The van der Waals surface area contributed by atoms with Crippen LogP contribution in [0.2, 0.25) is 5.02 Å². The number of H-pyrrole nitrogens is 1. The molecule has 0 unspecified atom stereocenters. The maximum Gasteiger partial charge on any atom is 0.139 e. The summed E-state index contributed by atoms with van der Waals surface area (Å²) in [5.74, 6) is 1.55. The Balaban J connectivity index is 2.54. The van der Waals surface area contributed by atoms with Gasteiger partial charge >= 0.3 is 0 Å². The van der Waals surface area contributed by atoms with E-state index in [1.54, 1.807) is 7.11 Å². The van der Waals surface area contributed by atoms with Gasteiger partial charge in [-0.15, -0.1) is 0 Å². The number of aryl methyl sites for hydroxylation is 2. The molecule has 4 heteroatoms. The molecule has 1 N–H and O–H groups in total. The van der Waals surface area contributed by atoms with Crippen molar-refractivity contribution in [3.05, 3.63) is 34.6 Å². The molecule has 0 bridgehead atoms. The molecule has 0 saturated heterocycles. The smallest absolute Gasteiger partial charge is 0.139 e. The first-order valence-electron chi connectivity index (χ1n) is 4.99. The first-order valence-corrected chi connectivity index (χ1v) is 5.36. The highest BCUT2D eigenvalue weighted by atomic mass is 35.5. The standard InChI is InChI=1S/C12H13ClN2O/c1-7-8(2)15-12(14-7)10-6-9(16-3)4-5-11(10)13/h4-6H,1-3H3,(H,14,15). The van der Waals surface area contributed by atoms with E-state index in [4.69, 9.17) is 16.3 Å². The van der Waals surface area contributed by atoms with Gasteiger partial charge in [0.25, 0.3) is 0 Å². The van der Waals surface area contributed by atoms with Crippen LogP contribution in [0.5, 0.6) is 5.75 Å². The van der Waals surface area contributed by atoms with E-state index in [0.29, 0.717) is 5.02 Å². The number of ether oxygens (including phenoxy) is 1. The molecule has 1 aromatic carbocycles. The summed E-state index contributed by atoms with van der Waals surface area (Å²) in [6, 6.07) is 5.51. The number of nitrogens with one attached hydrogen (secondary N) is 1. The summed E-state index contributed by atoms with van der Waals surface area (Å²) in [5, 5.41) is 0.662. The number of methoxy groups -OCH3 is 1. The number of aromatic nitrogens is 2. The van der Waals surface area contributed by atoms with Crippen LogP contribution < -0.4 is 4.74 Å². The summed E-state index contributed by atoms with van der Waals surface area (Å²) < 4.78 is 5.17. The molecule has 1 aromatic heterocycles. The lowest BCUT2D eigenvalue weighted by Crippen LogP contribution is -1.87. The largest absolute Gasteiger partial charge is 0.497 e. The second-order valence-electron chi connectivity index (χ2n) is 3.64. The maximum absolute atomic E-state index is 6.13. The van der Waals surface area contributed by atoms with E-state index in [2.05, 4.69) is 9.97 Å². The maximum atomic E-state index is 6.13. The van der Waals surface area contributed by atoms with Gasteiger partial charge in [0.1, 0.15) is 11.6 Å². The summed E-state index contributed by atoms with van der Waals surface area (Å²) in [5.41, 5.74) is 2.89. The topological polar surface area (TPSA) is 37.9 Å². The third kappa shape index (κ3) is 1.91. The van der Waals surface area contributed by atoms with Crippen molar-refractivity contribution in [2.75, 3.05) is 7.11 Å². The van der Waals surface area contributed by atoms with Gasteiger partial charge in [-0.05, 0) is 32.0 Å². The Kier molecular flexibility index (Phi) is 2.88. The van der Waals surface area contributed by atoms with E-state index < -0.39 is 0 Å². The molecule has 1 heterocycles. The number of benzene rings is 1. The van der Waals surface area contributed by atoms with Crippen LogP contribution in [0, 0.1) is 13.8 Å². The summed E-state index contributed by atoms with van der Waals surface area (Å²) in [6.07, 6.45) is 0. The Morgan fingerprint density at radius 3 is 2.62 bits per heavy atom. The SMILES string of the molecule is COc1ccc(Cl)c(-c2nc(C)c(C)[nH]2)c1. The summed E-state index contributed by atoms with van der Waals surface area (Å²) >= 11 is 6.13. The molecule has 2 rings (SSSR count). The molecule has 0 spiro atoms. The fourth-order valence-electron chi connectivity index (χ4n) is 1.49. The number of aromatic amines is 1. The molecule has 3 nitrogen and oxygen atoms in total. The molecular formula is C12H13ClN2O. The predicted octanol–water partition coefficient (Wildman–Crippen LogP) is 3.36. The third-order valence-electron chi connectivity index (χ3n) is 2.56. The second kappa shape index (κ2) is 4.18. The van der Waals surface area contributed by atoms with E-state index >= 15 is 0 Å². The highest BCUT2D eigenvalue weighted by molar-refractivity contribution is 6.33. The van der Waals surface area contributed by atoms with Crippen LogP contribution in [0.3, 0.4) is 0 Å². The number of nitrogens with zero attached hydrogens (tertiary/aromatic N) is 1. The van der Waals surface area contributed by atoms with Gasteiger partial charge in [0.2, 0.25) is 0 Å². The molecule has 0 atom stereocenters. The van der Waals surface area contributed by atoms with Crippen LogP contribution in [-0.4, -0.2) is 17.1 Å². The van der Waals surface area contributed by atoms with E-state index in [-0.39, 0.29) is 0 Å². The molecule has 0 amide bonds. The molecule has 2 aromatic rings. The van der Waals surface area contributed by atoms with E-state index in [9.17, 15) is 0 Å². The number of hydrogen-bond acceptors (Lipinski definition) is 2. The Morgan fingerprint density at radius 2 is 2.06 bits per heavy atom. The fourth-order valence-corrected chi connectivity index (χ4v) is 1.70. The van der Waals surface area contributed by atoms with Gasteiger partial charge in [-0.25, -0.2) is 4.98 Å². The molecule has 84 valence electrons. The molecule has 16 heavy (non-hydrogen) atoms. The monoisotopic (exact) mass is 236 g/mol. The van der Waals surface area contributed by atoms with Gasteiger partial charge in [-0.3, -0.25) is 0 Å². The Bertz CT molecular complexity index is 500. The van der Waals surface area contributed by atoms with Crippen LogP contribution >= 0.6 is 11.6 Å². The summed E-state index contributed by atoms with van der Waals surface area (Å²) in [6.45, 7) is 3.95. The normalized spacial score (nSPS) is 10.5. The average Bonchev–Trinajstić information content (AvgIpc) is 2.60. The lowest BCUT2D eigenvalue weighted by Gasteiger charge is -2.04.